The van der Waals surface area contributed by atoms with Gasteiger partial charge in [-0.25, -0.2) is 9.97 Å². The van der Waals surface area contributed by atoms with Crippen LogP contribution in [0.2, 0.25) is 0 Å². The number of Topliss-reactive ketones (excluding diaryl/α,β-unsaturated/α-hetero) is 1. The van der Waals surface area contributed by atoms with Crippen molar-refractivity contribution in [1.82, 2.24) is 19.4 Å². The summed E-state index contributed by atoms with van der Waals surface area (Å²) in [6.45, 7) is 5.97. The van der Waals surface area contributed by atoms with Crippen LogP contribution >= 0.6 is 11.8 Å². The lowest BCUT2D eigenvalue weighted by molar-refractivity contribution is -0.115. The summed E-state index contributed by atoms with van der Waals surface area (Å²) in [5.41, 5.74) is 3.67. The van der Waals surface area contributed by atoms with E-state index in [1.807, 2.05) is 54.9 Å². The van der Waals surface area contributed by atoms with Crippen LogP contribution in [0.1, 0.15) is 53.3 Å². The normalized spacial score (nSPS) is 17.4. The Morgan fingerprint density at radius 2 is 1.97 bits per heavy atom. The average Bonchev–Trinajstić information content (AvgIpc) is 3.31. The van der Waals surface area contributed by atoms with Crippen LogP contribution in [-0.2, 0) is 23.1 Å². The maximum atomic E-state index is 13.7. The molecule has 1 aliphatic rings. The SMILES string of the molecule is CCSc1ccc(CC(=O)Nc2ccc3c(n2)CCC(C)(c2nc(C)cn4ccnc24)C3=O)cc1. The number of hydrogen-bond donors (Lipinski definition) is 1. The lowest BCUT2D eigenvalue weighted by Gasteiger charge is -2.32. The summed E-state index contributed by atoms with van der Waals surface area (Å²) in [7, 11) is 0. The molecule has 1 aromatic carbocycles. The highest BCUT2D eigenvalue weighted by atomic mass is 32.2. The Morgan fingerprint density at radius 3 is 2.74 bits per heavy atom. The quantitative estimate of drug-likeness (QED) is 0.394. The summed E-state index contributed by atoms with van der Waals surface area (Å²) in [6, 6.07) is 11.5. The van der Waals surface area contributed by atoms with Crippen molar-refractivity contribution in [2.45, 2.75) is 50.3 Å². The third-order valence-corrected chi connectivity index (χ3v) is 7.36. The van der Waals surface area contributed by atoms with Crippen molar-refractivity contribution in [3.05, 3.63) is 83.2 Å². The zero-order valence-corrected chi connectivity index (χ0v) is 20.9. The number of hydrogen-bond acceptors (Lipinski definition) is 6. The van der Waals surface area contributed by atoms with E-state index < -0.39 is 5.41 Å². The molecule has 1 aliphatic carbocycles. The largest absolute Gasteiger partial charge is 0.310 e. The van der Waals surface area contributed by atoms with E-state index in [2.05, 4.69) is 22.2 Å². The molecule has 1 unspecified atom stereocenters. The lowest BCUT2D eigenvalue weighted by atomic mass is 9.71. The van der Waals surface area contributed by atoms with Gasteiger partial charge in [-0.05, 0) is 62.3 Å². The third kappa shape index (κ3) is 4.46. The summed E-state index contributed by atoms with van der Waals surface area (Å²) in [4.78, 5) is 41.2. The minimum atomic E-state index is -0.791. The number of carbonyl (C=O) groups excluding carboxylic acids is 2. The van der Waals surface area contributed by atoms with Crippen LogP contribution in [0.15, 0.2) is 59.9 Å². The van der Waals surface area contributed by atoms with Crippen molar-refractivity contribution < 1.29 is 9.59 Å². The standard InChI is InChI=1S/C27H27N5O2S/c1-4-35-19-7-5-18(6-8-19)15-23(33)31-22-10-9-20-21(30-22)11-12-27(3,25(20)34)24-26-28-13-14-32(26)16-17(2)29-24/h5-10,13-14,16H,4,11-12,15H2,1-3H3,(H,30,31,33). The fraction of sp³-hybridized carbons (Fsp3) is 0.296. The molecule has 5 rings (SSSR count). The first-order valence-corrected chi connectivity index (χ1v) is 12.7. The number of carbonyl (C=O) groups is 2. The molecule has 3 aromatic heterocycles. The fourth-order valence-corrected chi connectivity index (χ4v) is 5.31. The number of aryl methyl sites for hydroxylation is 2. The molecule has 1 amide bonds. The Bertz CT molecular complexity index is 1430. The van der Waals surface area contributed by atoms with Gasteiger partial charge in [0, 0.05) is 29.0 Å². The van der Waals surface area contributed by atoms with Crippen LogP contribution in [0, 0.1) is 6.92 Å². The van der Waals surface area contributed by atoms with Crippen LogP contribution in [0.25, 0.3) is 5.65 Å². The number of thioether (sulfide) groups is 1. The minimum absolute atomic E-state index is 0.0165. The van der Waals surface area contributed by atoms with Crippen LogP contribution in [0.5, 0.6) is 0 Å². The van der Waals surface area contributed by atoms with Gasteiger partial charge in [-0.15, -0.1) is 11.8 Å². The lowest BCUT2D eigenvalue weighted by Crippen LogP contribution is -2.39. The molecule has 35 heavy (non-hydrogen) atoms. The topological polar surface area (TPSA) is 89.2 Å². The van der Waals surface area contributed by atoms with Crippen molar-refractivity contribution in [3.63, 3.8) is 0 Å². The van der Waals surface area contributed by atoms with E-state index in [1.54, 1.807) is 30.1 Å². The molecular weight excluding hydrogens is 458 g/mol. The highest BCUT2D eigenvalue weighted by Gasteiger charge is 2.43. The van der Waals surface area contributed by atoms with Crippen molar-refractivity contribution in [3.8, 4) is 0 Å². The van der Waals surface area contributed by atoms with Crippen LogP contribution in [0.4, 0.5) is 5.82 Å². The molecule has 0 saturated heterocycles. The van der Waals surface area contributed by atoms with Gasteiger partial charge in [0.25, 0.3) is 0 Å². The molecule has 0 fully saturated rings. The number of anilines is 1. The van der Waals surface area contributed by atoms with E-state index in [9.17, 15) is 9.59 Å². The summed E-state index contributed by atoms with van der Waals surface area (Å²) < 4.78 is 1.92. The Kier molecular flexibility index (Phi) is 6.15. The van der Waals surface area contributed by atoms with Gasteiger partial charge in [0.15, 0.2) is 11.4 Å². The second-order valence-corrected chi connectivity index (χ2v) is 10.4. The predicted molar refractivity (Wildman–Crippen MR) is 137 cm³/mol. The van der Waals surface area contributed by atoms with E-state index >= 15 is 0 Å². The number of benzene rings is 1. The van der Waals surface area contributed by atoms with Gasteiger partial charge < -0.3 is 9.72 Å². The Morgan fingerprint density at radius 1 is 1.17 bits per heavy atom. The smallest absolute Gasteiger partial charge is 0.229 e. The van der Waals surface area contributed by atoms with Gasteiger partial charge in [-0.1, -0.05) is 19.1 Å². The second-order valence-electron chi connectivity index (χ2n) is 9.04. The zero-order chi connectivity index (χ0) is 24.6. The Balaban J connectivity index is 1.34. The van der Waals surface area contributed by atoms with Gasteiger partial charge in [0.1, 0.15) is 5.82 Å². The Hall–Kier alpha value is -3.52. The van der Waals surface area contributed by atoms with Crippen molar-refractivity contribution in [2.24, 2.45) is 0 Å². The van der Waals surface area contributed by atoms with Gasteiger partial charge in [0.05, 0.1) is 28.9 Å². The molecule has 178 valence electrons. The molecule has 0 radical (unpaired) electrons. The van der Waals surface area contributed by atoms with Gasteiger partial charge >= 0.3 is 0 Å². The molecule has 1 N–H and O–H groups in total. The second kappa shape index (κ2) is 9.26. The molecule has 4 aromatic rings. The molecule has 0 aliphatic heterocycles. The highest BCUT2D eigenvalue weighted by molar-refractivity contribution is 7.99. The number of pyridine rings is 1. The summed E-state index contributed by atoms with van der Waals surface area (Å²) >= 11 is 1.77. The van der Waals surface area contributed by atoms with Crippen molar-refractivity contribution in [1.29, 1.82) is 0 Å². The number of nitrogens with one attached hydrogen (secondary N) is 1. The number of nitrogens with zero attached hydrogens (tertiary/aromatic N) is 4. The van der Waals surface area contributed by atoms with Crippen LogP contribution in [0.3, 0.4) is 0 Å². The molecule has 1 atom stereocenters. The molecule has 3 heterocycles. The van der Waals surface area contributed by atoms with E-state index in [4.69, 9.17) is 4.98 Å². The minimum Gasteiger partial charge on any atom is -0.310 e. The number of imidazole rings is 1. The zero-order valence-electron chi connectivity index (χ0n) is 20.0. The highest BCUT2D eigenvalue weighted by Crippen LogP contribution is 2.38. The first-order chi connectivity index (χ1) is 16.9. The van der Waals surface area contributed by atoms with Crippen LogP contribution in [-0.4, -0.2) is 36.8 Å². The molecule has 0 bridgehead atoms. The summed E-state index contributed by atoms with van der Waals surface area (Å²) in [5.74, 6) is 1.33. The molecule has 7 nitrogen and oxygen atoms in total. The van der Waals surface area contributed by atoms with E-state index in [1.165, 1.54) is 4.90 Å². The van der Waals surface area contributed by atoms with Gasteiger partial charge in [0.2, 0.25) is 5.91 Å². The van der Waals surface area contributed by atoms with E-state index in [0.717, 1.165) is 17.0 Å². The fourth-order valence-electron chi connectivity index (χ4n) is 4.64. The number of ketones is 1. The number of rotatable bonds is 6. The number of fused-ring (bicyclic) bond motifs is 2. The predicted octanol–water partition coefficient (Wildman–Crippen LogP) is 4.81. The first-order valence-electron chi connectivity index (χ1n) is 11.7. The van der Waals surface area contributed by atoms with Gasteiger partial charge in [-0.2, -0.15) is 0 Å². The summed E-state index contributed by atoms with van der Waals surface area (Å²) in [5, 5.41) is 2.88. The molecule has 8 heteroatoms. The third-order valence-electron chi connectivity index (χ3n) is 6.47. The molecule has 0 saturated carbocycles. The maximum Gasteiger partial charge on any atom is 0.229 e. The van der Waals surface area contributed by atoms with E-state index in [0.29, 0.717) is 41.3 Å². The van der Waals surface area contributed by atoms with Crippen molar-refractivity contribution in [2.75, 3.05) is 11.1 Å². The van der Waals surface area contributed by atoms with Crippen LogP contribution < -0.4 is 5.32 Å². The van der Waals surface area contributed by atoms with Crippen molar-refractivity contribution >= 4 is 34.9 Å². The first kappa shape index (κ1) is 23.2. The summed E-state index contributed by atoms with van der Waals surface area (Å²) in [6.07, 6.45) is 6.95. The Labute approximate surface area is 208 Å². The van der Waals surface area contributed by atoms with E-state index in [-0.39, 0.29) is 18.1 Å². The number of amides is 1. The number of aromatic nitrogens is 4. The molecular formula is C27H27N5O2S. The molecule has 0 spiro atoms. The monoisotopic (exact) mass is 485 g/mol. The maximum absolute atomic E-state index is 13.7. The average molecular weight is 486 g/mol. The van der Waals surface area contributed by atoms with Gasteiger partial charge in [-0.3, -0.25) is 14.6 Å².